The van der Waals surface area contributed by atoms with Gasteiger partial charge in [0.2, 0.25) is 0 Å². The molecule has 1 aromatic heterocycles. The molecule has 0 amide bonds. The monoisotopic (exact) mass is 245 g/mol. The fraction of sp³-hybridized carbons (Fsp3) is 0.800. The van der Waals surface area contributed by atoms with E-state index in [1.807, 2.05) is 0 Å². The largest absolute Gasteiger partial charge is 0.313 e. The summed E-state index contributed by atoms with van der Waals surface area (Å²) in [7, 11) is 0. The van der Waals surface area contributed by atoms with E-state index in [0.717, 1.165) is 16.6 Å². The standard InChI is InChI=1S/C10H19N3S2/c1-4-5-11-9(8(2)3)6-14-10-13-12-7-15-10/h7-9,11H,4-6H2,1-3H3. The minimum absolute atomic E-state index is 0.568. The Morgan fingerprint density at radius 1 is 1.53 bits per heavy atom. The molecule has 1 rings (SSSR count). The number of thioether (sulfide) groups is 1. The quantitative estimate of drug-likeness (QED) is 0.750. The smallest absolute Gasteiger partial charge is 0.174 e. The van der Waals surface area contributed by atoms with Crippen molar-refractivity contribution >= 4 is 23.1 Å². The zero-order chi connectivity index (χ0) is 11.1. The van der Waals surface area contributed by atoms with E-state index in [-0.39, 0.29) is 0 Å². The maximum absolute atomic E-state index is 4.03. The average molecular weight is 245 g/mol. The highest BCUT2D eigenvalue weighted by molar-refractivity contribution is 8.01. The van der Waals surface area contributed by atoms with Gasteiger partial charge in [-0.25, -0.2) is 0 Å². The lowest BCUT2D eigenvalue weighted by molar-refractivity contribution is 0.434. The van der Waals surface area contributed by atoms with Crippen molar-refractivity contribution in [2.45, 2.75) is 37.6 Å². The SMILES string of the molecule is CCCNC(CSc1nncs1)C(C)C. The molecule has 0 bridgehead atoms. The summed E-state index contributed by atoms with van der Waals surface area (Å²) in [5.41, 5.74) is 1.78. The van der Waals surface area contributed by atoms with Gasteiger partial charge in [-0.2, -0.15) is 0 Å². The summed E-state index contributed by atoms with van der Waals surface area (Å²) in [4.78, 5) is 0. The van der Waals surface area contributed by atoms with Crippen molar-refractivity contribution in [2.24, 2.45) is 5.92 Å². The van der Waals surface area contributed by atoms with Crippen molar-refractivity contribution in [3.05, 3.63) is 5.51 Å². The van der Waals surface area contributed by atoms with Crippen LogP contribution in [0.1, 0.15) is 27.2 Å². The van der Waals surface area contributed by atoms with Crippen LogP contribution in [-0.4, -0.2) is 28.5 Å². The Morgan fingerprint density at radius 3 is 2.87 bits per heavy atom. The number of hydrogen-bond donors (Lipinski definition) is 1. The van der Waals surface area contributed by atoms with Crippen molar-refractivity contribution in [3.8, 4) is 0 Å². The first-order chi connectivity index (χ1) is 7.24. The molecule has 1 heterocycles. The van der Waals surface area contributed by atoms with E-state index in [9.17, 15) is 0 Å². The van der Waals surface area contributed by atoms with Crippen molar-refractivity contribution in [1.82, 2.24) is 15.5 Å². The molecule has 0 saturated carbocycles. The summed E-state index contributed by atoms with van der Waals surface area (Å²) in [5.74, 6) is 1.74. The molecule has 86 valence electrons. The van der Waals surface area contributed by atoms with Crippen molar-refractivity contribution in [1.29, 1.82) is 0 Å². The van der Waals surface area contributed by atoms with Gasteiger partial charge in [0, 0.05) is 11.8 Å². The van der Waals surface area contributed by atoms with E-state index in [0.29, 0.717) is 12.0 Å². The Labute approximate surface area is 100 Å². The number of nitrogens with zero attached hydrogens (tertiary/aromatic N) is 2. The van der Waals surface area contributed by atoms with E-state index >= 15 is 0 Å². The van der Waals surface area contributed by atoms with Crippen LogP contribution in [0, 0.1) is 5.92 Å². The zero-order valence-corrected chi connectivity index (χ0v) is 11.2. The Bertz CT molecular complexity index is 249. The molecule has 5 heteroatoms. The van der Waals surface area contributed by atoms with Crippen LogP contribution in [0.2, 0.25) is 0 Å². The molecule has 0 saturated heterocycles. The molecule has 0 aliphatic carbocycles. The number of hydrogen-bond acceptors (Lipinski definition) is 5. The molecule has 1 unspecified atom stereocenters. The summed E-state index contributed by atoms with van der Waals surface area (Å²) in [5, 5.41) is 11.4. The Balaban J connectivity index is 2.31. The van der Waals surface area contributed by atoms with Gasteiger partial charge in [0.25, 0.3) is 0 Å². The summed E-state index contributed by atoms with van der Waals surface area (Å²) >= 11 is 3.41. The topological polar surface area (TPSA) is 37.8 Å². The van der Waals surface area contributed by atoms with E-state index in [1.54, 1.807) is 28.6 Å². The lowest BCUT2D eigenvalue weighted by Gasteiger charge is -2.21. The Hall–Kier alpha value is -0.130. The van der Waals surface area contributed by atoms with Gasteiger partial charge in [-0.3, -0.25) is 0 Å². The molecule has 15 heavy (non-hydrogen) atoms. The molecule has 1 N–H and O–H groups in total. The van der Waals surface area contributed by atoms with Crippen LogP contribution in [0.25, 0.3) is 0 Å². The van der Waals surface area contributed by atoms with Gasteiger partial charge < -0.3 is 5.32 Å². The van der Waals surface area contributed by atoms with Gasteiger partial charge in [0.1, 0.15) is 5.51 Å². The molecule has 0 spiro atoms. The predicted molar refractivity (Wildman–Crippen MR) is 67.6 cm³/mol. The first-order valence-electron chi connectivity index (χ1n) is 5.36. The van der Waals surface area contributed by atoms with Crippen LogP contribution < -0.4 is 5.32 Å². The first-order valence-corrected chi connectivity index (χ1v) is 7.23. The number of nitrogens with one attached hydrogen (secondary N) is 1. The third kappa shape index (κ3) is 4.95. The second-order valence-corrected chi connectivity index (χ2v) is 5.92. The Morgan fingerprint density at radius 2 is 2.33 bits per heavy atom. The summed E-state index contributed by atoms with van der Waals surface area (Å²) in [6.07, 6.45) is 1.19. The second-order valence-electron chi connectivity index (χ2n) is 3.82. The fourth-order valence-corrected chi connectivity index (χ4v) is 3.02. The average Bonchev–Trinajstić information content (AvgIpc) is 2.70. The predicted octanol–water partition coefficient (Wildman–Crippen LogP) is 2.65. The third-order valence-electron chi connectivity index (χ3n) is 2.19. The van der Waals surface area contributed by atoms with Gasteiger partial charge in [-0.15, -0.1) is 10.2 Å². The van der Waals surface area contributed by atoms with Gasteiger partial charge in [-0.1, -0.05) is 43.9 Å². The zero-order valence-electron chi connectivity index (χ0n) is 9.56. The van der Waals surface area contributed by atoms with Crippen molar-refractivity contribution in [2.75, 3.05) is 12.3 Å². The van der Waals surface area contributed by atoms with Gasteiger partial charge in [0.05, 0.1) is 0 Å². The van der Waals surface area contributed by atoms with E-state index < -0.39 is 0 Å². The third-order valence-corrected chi connectivity index (χ3v) is 4.17. The molecule has 0 radical (unpaired) electrons. The fourth-order valence-electron chi connectivity index (χ4n) is 1.20. The van der Waals surface area contributed by atoms with Gasteiger partial charge in [-0.05, 0) is 18.9 Å². The van der Waals surface area contributed by atoms with Gasteiger partial charge in [0.15, 0.2) is 4.34 Å². The lowest BCUT2D eigenvalue weighted by Crippen LogP contribution is -2.36. The number of aromatic nitrogens is 2. The molecule has 1 atom stereocenters. The highest BCUT2D eigenvalue weighted by atomic mass is 32.2. The summed E-state index contributed by atoms with van der Waals surface area (Å²) in [6.45, 7) is 7.81. The molecular weight excluding hydrogens is 226 g/mol. The molecule has 3 nitrogen and oxygen atoms in total. The molecular formula is C10H19N3S2. The molecule has 0 aliphatic rings. The van der Waals surface area contributed by atoms with Crippen molar-refractivity contribution < 1.29 is 0 Å². The van der Waals surface area contributed by atoms with Crippen LogP contribution in [-0.2, 0) is 0 Å². The lowest BCUT2D eigenvalue weighted by atomic mass is 10.1. The maximum atomic E-state index is 4.03. The van der Waals surface area contributed by atoms with E-state index in [4.69, 9.17) is 0 Å². The normalized spacial score (nSPS) is 13.3. The van der Waals surface area contributed by atoms with E-state index in [2.05, 4.69) is 36.3 Å². The van der Waals surface area contributed by atoms with Crippen LogP contribution in [0.5, 0.6) is 0 Å². The second kappa shape index (κ2) is 7.19. The van der Waals surface area contributed by atoms with Crippen LogP contribution >= 0.6 is 23.1 Å². The number of rotatable bonds is 7. The van der Waals surface area contributed by atoms with Crippen LogP contribution in [0.3, 0.4) is 0 Å². The van der Waals surface area contributed by atoms with Crippen molar-refractivity contribution in [3.63, 3.8) is 0 Å². The minimum Gasteiger partial charge on any atom is -0.313 e. The van der Waals surface area contributed by atoms with Crippen LogP contribution in [0.15, 0.2) is 9.85 Å². The van der Waals surface area contributed by atoms with Crippen LogP contribution in [0.4, 0.5) is 0 Å². The van der Waals surface area contributed by atoms with E-state index in [1.165, 1.54) is 6.42 Å². The summed E-state index contributed by atoms with van der Waals surface area (Å²) < 4.78 is 1.07. The molecule has 1 aromatic rings. The molecule has 0 aromatic carbocycles. The molecule has 0 fully saturated rings. The summed E-state index contributed by atoms with van der Waals surface area (Å²) in [6, 6.07) is 0.568. The highest BCUT2D eigenvalue weighted by Crippen LogP contribution is 2.21. The Kier molecular flexibility index (Phi) is 6.20. The minimum atomic E-state index is 0.568. The van der Waals surface area contributed by atoms with Gasteiger partial charge >= 0.3 is 0 Å². The highest BCUT2D eigenvalue weighted by Gasteiger charge is 2.13. The maximum Gasteiger partial charge on any atom is 0.174 e. The molecule has 0 aliphatic heterocycles. The first kappa shape index (κ1) is 12.9.